The minimum Gasteiger partial charge on any atom is -0.352 e. The third kappa shape index (κ3) is 5.29. The Morgan fingerprint density at radius 1 is 1.42 bits per heavy atom. The van der Waals surface area contributed by atoms with E-state index in [4.69, 9.17) is 4.52 Å². The molecular formula is C13H18N4O2. The van der Waals surface area contributed by atoms with E-state index >= 15 is 0 Å². The third-order valence-electron chi connectivity index (χ3n) is 2.10. The van der Waals surface area contributed by atoms with Crippen LogP contribution in [-0.4, -0.2) is 21.0 Å². The first-order valence-electron chi connectivity index (χ1n) is 6.19. The van der Waals surface area contributed by atoms with Crippen molar-refractivity contribution in [1.29, 1.82) is 0 Å². The summed E-state index contributed by atoms with van der Waals surface area (Å²) < 4.78 is 4.78. The lowest BCUT2D eigenvalue weighted by molar-refractivity contribution is -0.120. The molecule has 0 aliphatic heterocycles. The number of carbonyl (C=O) groups excluding carboxylic acids is 1. The second kappa shape index (κ2) is 7.97. The summed E-state index contributed by atoms with van der Waals surface area (Å²) in [5, 5.41) is 6.41. The lowest BCUT2D eigenvalue weighted by Gasteiger charge is -2.02. The van der Waals surface area contributed by atoms with Crippen LogP contribution >= 0.6 is 0 Å². The minimum atomic E-state index is -0.144. The van der Waals surface area contributed by atoms with E-state index in [1.165, 1.54) is 0 Å². The molecule has 2 aromatic heterocycles. The Morgan fingerprint density at radius 3 is 2.79 bits per heavy atom. The fraction of sp³-hybridized carbons (Fsp3) is 0.385. The van der Waals surface area contributed by atoms with Crippen LogP contribution in [0.2, 0.25) is 0 Å². The van der Waals surface area contributed by atoms with Crippen LogP contribution in [0.4, 0.5) is 0 Å². The SMILES string of the molecule is CC.Cc1nc(CC(=O)NCc2cccnc2)no1. The van der Waals surface area contributed by atoms with Crippen molar-refractivity contribution in [2.24, 2.45) is 0 Å². The van der Waals surface area contributed by atoms with Crippen LogP contribution < -0.4 is 5.32 Å². The Labute approximate surface area is 112 Å². The van der Waals surface area contributed by atoms with Crippen LogP contribution in [0.25, 0.3) is 0 Å². The highest BCUT2D eigenvalue weighted by Gasteiger charge is 2.08. The topological polar surface area (TPSA) is 80.9 Å². The molecule has 0 atom stereocenters. The maximum absolute atomic E-state index is 11.5. The fourth-order valence-electron chi connectivity index (χ4n) is 1.32. The van der Waals surface area contributed by atoms with Gasteiger partial charge in [0, 0.05) is 25.9 Å². The maximum atomic E-state index is 11.5. The van der Waals surface area contributed by atoms with E-state index in [-0.39, 0.29) is 12.3 Å². The van der Waals surface area contributed by atoms with E-state index < -0.39 is 0 Å². The van der Waals surface area contributed by atoms with E-state index in [0.717, 1.165) is 5.56 Å². The Balaban J connectivity index is 0.000000861. The number of hydrogen-bond donors (Lipinski definition) is 1. The number of carbonyl (C=O) groups is 1. The summed E-state index contributed by atoms with van der Waals surface area (Å²) in [7, 11) is 0. The Morgan fingerprint density at radius 2 is 2.21 bits per heavy atom. The van der Waals surface area contributed by atoms with E-state index in [9.17, 15) is 4.79 Å². The van der Waals surface area contributed by atoms with Crippen molar-refractivity contribution in [1.82, 2.24) is 20.4 Å². The van der Waals surface area contributed by atoms with Crippen molar-refractivity contribution in [2.75, 3.05) is 0 Å². The van der Waals surface area contributed by atoms with Gasteiger partial charge in [0.25, 0.3) is 0 Å². The van der Waals surface area contributed by atoms with Gasteiger partial charge in [-0.1, -0.05) is 25.1 Å². The molecule has 0 saturated carbocycles. The van der Waals surface area contributed by atoms with Crippen LogP contribution in [0.3, 0.4) is 0 Å². The average Bonchev–Trinajstić information content (AvgIpc) is 2.85. The summed E-state index contributed by atoms with van der Waals surface area (Å²) in [5.41, 5.74) is 0.949. The number of aromatic nitrogens is 3. The summed E-state index contributed by atoms with van der Waals surface area (Å²) in [5.74, 6) is 0.709. The van der Waals surface area contributed by atoms with Gasteiger partial charge in [-0.3, -0.25) is 9.78 Å². The zero-order valence-electron chi connectivity index (χ0n) is 11.4. The highest BCUT2D eigenvalue weighted by Crippen LogP contribution is 1.97. The van der Waals surface area contributed by atoms with Crippen molar-refractivity contribution in [3.8, 4) is 0 Å². The molecule has 19 heavy (non-hydrogen) atoms. The van der Waals surface area contributed by atoms with Crippen molar-refractivity contribution >= 4 is 5.91 Å². The molecule has 0 radical (unpaired) electrons. The normalized spacial score (nSPS) is 9.42. The summed E-state index contributed by atoms with van der Waals surface area (Å²) in [6.07, 6.45) is 3.52. The molecule has 1 N–H and O–H groups in total. The first-order valence-corrected chi connectivity index (χ1v) is 6.19. The van der Waals surface area contributed by atoms with Gasteiger partial charge in [0.15, 0.2) is 5.82 Å². The molecule has 0 saturated heterocycles. The van der Waals surface area contributed by atoms with Crippen molar-refractivity contribution in [2.45, 2.75) is 33.7 Å². The Kier molecular flexibility index (Phi) is 6.21. The molecule has 0 aliphatic rings. The number of nitrogens with one attached hydrogen (secondary N) is 1. The summed E-state index contributed by atoms with van der Waals surface area (Å²) in [6, 6.07) is 3.72. The lowest BCUT2D eigenvalue weighted by Crippen LogP contribution is -2.25. The molecule has 2 rings (SSSR count). The highest BCUT2D eigenvalue weighted by molar-refractivity contribution is 5.77. The first kappa shape index (κ1) is 14.8. The summed E-state index contributed by atoms with van der Waals surface area (Å²) in [4.78, 5) is 19.5. The lowest BCUT2D eigenvalue weighted by atomic mass is 10.3. The predicted octanol–water partition coefficient (Wildman–Crippen LogP) is 1.66. The van der Waals surface area contributed by atoms with Gasteiger partial charge in [0.1, 0.15) is 0 Å². The number of pyridine rings is 1. The largest absolute Gasteiger partial charge is 0.352 e. The van der Waals surface area contributed by atoms with Gasteiger partial charge in [-0.15, -0.1) is 0 Å². The molecule has 0 fully saturated rings. The van der Waals surface area contributed by atoms with Crippen LogP contribution in [0, 0.1) is 6.92 Å². The standard InChI is InChI=1S/C11H12N4O2.C2H6/c1-8-14-10(15-17-8)5-11(16)13-7-9-3-2-4-12-6-9;1-2/h2-4,6H,5,7H2,1H3,(H,13,16);1-2H3. The average molecular weight is 262 g/mol. The highest BCUT2D eigenvalue weighted by atomic mass is 16.5. The Hall–Kier alpha value is -2.24. The summed E-state index contributed by atoms with van der Waals surface area (Å²) in [6.45, 7) is 6.13. The van der Waals surface area contributed by atoms with Crippen LogP contribution in [0.15, 0.2) is 29.0 Å². The molecule has 0 unspecified atom stereocenters. The number of hydrogen-bond acceptors (Lipinski definition) is 5. The molecule has 0 aromatic carbocycles. The van der Waals surface area contributed by atoms with E-state index in [2.05, 4.69) is 20.4 Å². The van der Waals surface area contributed by atoms with Gasteiger partial charge >= 0.3 is 0 Å². The third-order valence-corrected chi connectivity index (χ3v) is 2.10. The van der Waals surface area contributed by atoms with Crippen molar-refractivity contribution in [3.63, 3.8) is 0 Å². The molecule has 2 heterocycles. The van der Waals surface area contributed by atoms with Gasteiger partial charge in [0.2, 0.25) is 11.8 Å². The van der Waals surface area contributed by atoms with E-state index in [0.29, 0.717) is 18.3 Å². The van der Waals surface area contributed by atoms with Crippen LogP contribution in [-0.2, 0) is 17.8 Å². The predicted molar refractivity (Wildman–Crippen MR) is 70.2 cm³/mol. The number of rotatable bonds is 4. The van der Waals surface area contributed by atoms with Gasteiger partial charge in [-0.25, -0.2) is 0 Å². The van der Waals surface area contributed by atoms with Crippen LogP contribution in [0.1, 0.15) is 31.1 Å². The van der Waals surface area contributed by atoms with Crippen LogP contribution in [0.5, 0.6) is 0 Å². The van der Waals surface area contributed by atoms with Gasteiger partial charge < -0.3 is 9.84 Å². The van der Waals surface area contributed by atoms with E-state index in [1.807, 2.05) is 26.0 Å². The van der Waals surface area contributed by atoms with Gasteiger partial charge in [-0.05, 0) is 11.6 Å². The first-order chi connectivity index (χ1) is 9.24. The molecule has 102 valence electrons. The second-order valence-corrected chi connectivity index (χ2v) is 3.54. The quantitative estimate of drug-likeness (QED) is 0.906. The van der Waals surface area contributed by atoms with Gasteiger partial charge in [0.05, 0.1) is 6.42 Å². The molecule has 6 nitrogen and oxygen atoms in total. The zero-order valence-corrected chi connectivity index (χ0v) is 11.4. The number of aryl methyl sites for hydroxylation is 1. The number of nitrogens with zero attached hydrogens (tertiary/aromatic N) is 3. The molecule has 6 heteroatoms. The minimum absolute atomic E-state index is 0.123. The smallest absolute Gasteiger partial charge is 0.228 e. The van der Waals surface area contributed by atoms with Crippen molar-refractivity contribution in [3.05, 3.63) is 41.8 Å². The second-order valence-electron chi connectivity index (χ2n) is 3.54. The zero-order chi connectivity index (χ0) is 14.1. The fourth-order valence-corrected chi connectivity index (χ4v) is 1.32. The van der Waals surface area contributed by atoms with Crippen molar-refractivity contribution < 1.29 is 9.32 Å². The molecule has 1 amide bonds. The monoisotopic (exact) mass is 262 g/mol. The molecule has 0 spiro atoms. The molecule has 0 aliphatic carbocycles. The number of amides is 1. The summed E-state index contributed by atoms with van der Waals surface area (Å²) >= 11 is 0. The maximum Gasteiger partial charge on any atom is 0.228 e. The molecule has 2 aromatic rings. The molecule has 0 bridgehead atoms. The van der Waals surface area contributed by atoms with E-state index in [1.54, 1.807) is 19.3 Å². The van der Waals surface area contributed by atoms with Gasteiger partial charge in [-0.2, -0.15) is 4.98 Å². The molecular weight excluding hydrogens is 244 g/mol. The Bertz CT molecular complexity index is 496.